The molecular formula is C18H16N4S2. The third-order valence-corrected chi connectivity index (χ3v) is 5.61. The Hall–Kier alpha value is -2.31. The lowest BCUT2D eigenvalue weighted by Gasteiger charge is -1.98. The third kappa shape index (κ3) is 3.16. The zero-order valence-electron chi connectivity index (χ0n) is 13.2. The van der Waals surface area contributed by atoms with E-state index in [1.807, 2.05) is 18.2 Å². The summed E-state index contributed by atoms with van der Waals surface area (Å²) in [5, 5.41) is 7.34. The standard InChI is InChI=1S/C18H16N4S2/c1-2-12-6-7-14-16(9-12)24-18(22-14)20-10-13-11-23-17(21-13)15-5-3-4-8-19-15/h3-9,11H,2,10H2,1H3,(H,20,22). The molecule has 0 radical (unpaired) electrons. The zero-order chi connectivity index (χ0) is 16.4. The molecular weight excluding hydrogens is 336 g/mol. The van der Waals surface area contributed by atoms with Gasteiger partial charge in [-0.15, -0.1) is 11.3 Å². The van der Waals surface area contributed by atoms with Gasteiger partial charge in [-0.25, -0.2) is 9.97 Å². The molecule has 1 N–H and O–H groups in total. The van der Waals surface area contributed by atoms with Crippen LogP contribution in [-0.2, 0) is 13.0 Å². The Balaban J connectivity index is 1.48. The van der Waals surface area contributed by atoms with E-state index in [2.05, 4.69) is 50.8 Å². The van der Waals surface area contributed by atoms with E-state index in [4.69, 9.17) is 0 Å². The summed E-state index contributed by atoms with van der Waals surface area (Å²) in [4.78, 5) is 13.6. The lowest BCUT2D eigenvalue weighted by atomic mass is 10.2. The topological polar surface area (TPSA) is 50.7 Å². The van der Waals surface area contributed by atoms with Gasteiger partial charge >= 0.3 is 0 Å². The van der Waals surface area contributed by atoms with Crippen LogP contribution in [0.3, 0.4) is 0 Å². The van der Waals surface area contributed by atoms with Crippen LogP contribution < -0.4 is 5.32 Å². The van der Waals surface area contributed by atoms with Crippen LogP contribution in [0.5, 0.6) is 0 Å². The van der Waals surface area contributed by atoms with Gasteiger partial charge in [0.1, 0.15) is 5.01 Å². The number of nitrogens with one attached hydrogen (secondary N) is 1. The number of aromatic nitrogens is 3. The van der Waals surface area contributed by atoms with E-state index < -0.39 is 0 Å². The maximum atomic E-state index is 4.65. The Morgan fingerprint density at radius 2 is 2.08 bits per heavy atom. The molecule has 0 aliphatic carbocycles. The number of hydrogen-bond donors (Lipinski definition) is 1. The molecule has 4 aromatic rings. The van der Waals surface area contributed by atoms with Crippen LogP contribution in [-0.4, -0.2) is 15.0 Å². The second-order valence-corrected chi connectivity index (χ2v) is 7.28. The zero-order valence-corrected chi connectivity index (χ0v) is 14.8. The molecule has 0 aliphatic rings. The number of hydrogen-bond acceptors (Lipinski definition) is 6. The van der Waals surface area contributed by atoms with E-state index in [0.29, 0.717) is 6.54 Å². The molecule has 0 aliphatic heterocycles. The second kappa shape index (κ2) is 6.67. The minimum atomic E-state index is 0.670. The Bertz CT molecular complexity index is 959. The van der Waals surface area contributed by atoms with Crippen molar-refractivity contribution in [1.82, 2.24) is 15.0 Å². The maximum absolute atomic E-state index is 4.65. The smallest absolute Gasteiger partial charge is 0.184 e. The number of rotatable bonds is 5. The van der Waals surface area contributed by atoms with Crippen molar-refractivity contribution in [3.63, 3.8) is 0 Å². The van der Waals surface area contributed by atoms with E-state index >= 15 is 0 Å². The van der Waals surface area contributed by atoms with E-state index in [1.165, 1.54) is 10.3 Å². The summed E-state index contributed by atoms with van der Waals surface area (Å²) in [6.45, 7) is 2.84. The fourth-order valence-electron chi connectivity index (χ4n) is 2.43. The number of anilines is 1. The Morgan fingerprint density at radius 3 is 2.92 bits per heavy atom. The summed E-state index contributed by atoms with van der Waals surface area (Å²) in [6.07, 6.45) is 2.84. The quantitative estimate of drug-likeness (QED) is 0.550. The van der Waals surface area contributed by atoms with Gasteiger partial charge in [0.25, 0.3) is 0 Å². The minimum absolute atomic E-state index is 0.670. The molecule has 4 rings (SSSR count). The average molecular weight is 352 g/mol. The monoisotopic (exact) mass is 352 g/mol. The summed E-state index contributed by atoms with van der Waals surface area (Å²) in [6, 6.07) is 12.3. The van der Waals surface area contributed by atoms with Crippen molar-refractivity contribution in [1.29, 1.82) is 0 Å². The van der Waals surface area contributed by atoms with Crippen molar-refractivity contribution in [2.24, 2.45) is 0 Å². The van der Waals surface area contributed by atoms with Gasteiger partial charge in [0.15, 0.2) is 5.13 Å². The molecule has 3 heterocycles. The summed E-state index contributed by atoms with van der Waals surface area (Å²) in [5.74, 6) is 0. The van der Waals surface area contributed by atoms with Crippen LogP contribution in [0.4, 0.5) is 5.13 Å². The lowest BCUT2D eigenvalue weighted by Crippen LogP contribution is -1.99. The van der Waals surface area contributed by atoms with Gasteiger partial charge < -0.3 is 5.32 Å². The summed E-state index contributed by atoms with van der Waals surface area (Å²) in [5.41, 5.74) is 4.32. The maximum Gasteiger partial charge on any atom is 0.184 e. The molecule has 0 amide bonds. The molecule has 0 saturated heterocycles. The van der Waals surface area contributed by atoms with Crippen molar-refractivity contribution in [3.8, 4) is 10.7 Å². The Labute approximate surface area is 148 Å². The molecule has 24 heavy (non-hydrogen) atoms. The van der Waals surface area contributed by atoms with Crippen molar-refractivity contribution in [3.05, 3.63) is 59.2 Å². The molecule has 0 spiro atoms. The predicted octanol–water partition coefficient (Wildman–Crippen LogP) is 4.99. The number of aryl methyl sites for hydroxylation is 1. The summed E-state index contributed by atoms with van der Waals surface area (Å²) >= 11 is 3.31. The van der Waals surface area contributed by atoms with Gasteiger partial charge in [-0.05, 0) is 36.2 Å². The highest BCUT2D eigenvalue weighted by atomic mass is 32.1. The van der Waals surface area contributed by atoms with Gasteiger partial charge in [0.05, 0.1) is 28.1 Å². The lowest BCUT2D eigenvalue weighted by molar-refractivity contribution is 1.07. The first kappa shape index (κ1) is 15.2. The van der Waals surface area contributed by atoms with E-state index in [0.717, 1.165) is 33.5 Å². The first-order valence-corrected chi connectivity index (χ1v) is 9.50. The summed E-state index contributed by atoms with van der Waals surface area (Å²) < 4.78 is 1.23. The van der Waals surface area contributed by atoms with Gasteiger partial charge in [0, 0.05) is 11.6 Å². The van der Waals surface area contributed by atoms with Crippen molar-refractivity contribution >= 4 is 38.0 Å². The molecule has 1 aromatic carbocycles. The van der Waals surface area contributed by atoms with Gasteiger partial charge in [-0.1, -0.05) is 30.4 Å². The van der Waals surface area contributed by atoms with Gasteiger partial charge in [0.2, 0.25) is 0 Å². The van der Waals surface area contributed by atoms with Crippen molar-refractivity contribution in [2.75, 3.05) is 5.32 Å². The molecule has 3 aromatic heterocycles. The normalized spacial score (nSPS) is 11.0. The largest absolute Gasteiger partial charge is 0.356 e. The Kier molecular flexibility index (Phi) is 4.23. The number of nitrogens with zero attached hydrogens (tertiary/aromatic N) is 3. The fourth-order valence-corrected chi connectivity index (χ4v) is 4.15. The molecule has 0 unspecified atom stereocenters. The van der Waals surface area contributed by atoms with Crippen LogP contribution in [0.2, 0.25) is 0 Å². The highest BCUT2D eigenvalue weighted by Gasteiger charge is 2.07. The van der Waals surface area contributed by atoms with E-state index in [9.17, 15) is 0 Å². The molecule has 6 heteroatoms. The van der Waals surface area contributed by atoms with Gasteiger partial charge in [-0.3, -0.25) is 4.98 Å². The number of thiazole rings is 2. The van der Waals surface area contributed by atoms with Crippen LogP contribution in [0.1, 0.15) is 18.2 Å². The van der Waals surface area contributed by atoms with Gasteiger partial charge in [-0.2, -0.15) is 0 Å². The van der Waals surface area contributed by atoms with Crippen molar-refractivity contribution in [2.45, 2.75) is 19.9 Å². The van der Waals surface area contributed by atoms with Crippen molar-refractivity contribution < 1.29 is 0 Å². The van der Waals surface area contributed by atoms with E-state index in [1.54, 1.807) is 28.9 Å². The van der Waals surface area contributed by atoms with Crippen LogP contribution in [0.15, 0.2) is 48.0 Å². The molecule has 0 atom stereocenters. The van der Waals surface area contributed by atoms with Crippen LogP contribution >= 0.6 is 22.7 Å². The number of pyridine rings is 1. The summed E-state index contributed by atoms with van der Waals surface area (Å²) in [7, 11) is 0. The molecule has 0 fully saturated rings. The number of benzene rings is 1. The molecule has 4 nitrogen and oxygen atoms in total. The molecule has 0 saturated carbocycles. The predicted molar refractivity (Wildman–Crippen MR) is 102 cm³/mol. The fraction of sp³-hybridized carbons (Fsp3) is 0.167. The SMILES string of the molecule is CCc1ccc2nc(NCc3csc(-c4ccccn4)n3)sc2c1. The highest BCUT2D eigenvalue weighted by Crippen LogP contribution is 2.28. The highest BCUT2D eigenvalue weighted by molar-refractivity contribution is 7.22. The molecule has 120 valence electrons. The second-order valence-electron chi connectivity index (χ2n) is 5.39. The first-order valence-electron chi connectivity index (χ1n) is 7.81. The first-order chi connectivity index (χ1) is 11.8. The third-order valence-electron chi connectivity index (χ3n) is 3.72. The van der Waals surface area contributed by atoms with Crippen LogP contribution in [0.25, 0.3) is 20.9 Å². The molecule has 0 bridgehead atoms. The Morgan fingerprint density at radius 1 is 1.12 bits per heavy atom. The van der Waals surface area contributed by atoms with Crippen LogP contribution in [0, 0.1) is 0 Å². The van der Waals surface area contributed by atoms with E-state index in [-0.39, 0.29) is 0 Å². The minimum Gasteiger partial charge on any atom is -0.356 e. The average Bonchev–Trinajstić information content (AvgIpc) is 3.26. The number of fused-ring (bicyclic) bond motifs is 1.